The zero-order chi connectivity index (χ0) is 14.7. The van der Waals surface area contributed by atoms with Gasteiger partial charge in [-0.1, -0.05) is 11.8 Å². The molecule has 0 saturated carbocycles. The van der Waals surface area contributed by atoms with Gasteiger partial charge < -0.3 is 10.0 Å². The van der Waals surface area contributed by atoms with Crippen LogP contribution in [0.4, 0.5) is 10.1 Å². The van der Waals surface area contributed by atoms with Crippen molar-refractivity contribution in [1.82, 2.24) is 0 Å². The average Bonchev–Trinajstić information content (AvgIpc) is 2.77. The van der Waals surface area contributed by atoms with Crippen LogP contribution in [0.3, 0.4) is 0 Å². The molecule has 6 heteroatoms. The second-order valence-electron chi connectivity index (χ2n) is 4.81. The first-order valence-electron chi connectivity index (χ1n) is 6.34. The van der Waals surface area contributed by atoms with Crippen molar-refractivity contribution in [2.75, 3.05) is 17.2 Å². The Labute approximate surface area is 121 Å². The molecular weight excluding hydrogens is 281 g/mol. The number of rotatable bonds is 4. The first-order valence-corrected chi connectivity index (χ1v) is 7.33. The standard InChI is InChI=1S/C14H16FNO3S/c1-9(18)20-8-10-4-14(19)16(6-10)13-3-2-12(15)5-11(13)7-17/h2-3,5,10,17H,4,6-8H2,1H3. The number of aliphatic hydroxyl groups is 1. The lowest BCUT2D eigenvalue weighted by molar-refractivity contribution is -0.117. The molecule has 1 aliphatic heterocycles. The number of hydrogen-bond donors (Lipinski definition) is 1. The molecule has 1 N–H and O–H groups in total. The van der Waals surface area contributed by atoms with Gasteiger partial charge in [0.25, 0.3) is 0 Å². The van der Waals surface area contributed by atoms with Gasteiger partial charge in [0.15, 0.2) is 5.12 Å². The van der Waals surface area contributed by atoms with E-state index in [1.54, 1.807) is 4.90 Å². The van der Waals surface area contributed by atoms with Crippen LogP contribution in [0.2, 0.25) is 0 Å². The third-order valence-electron chi connectivity index (χ3n) is 3.23. The molecule has 1 heterocycles. The summed E-state index contributed by atoms with van der Waals surface area (Å²) in [6.45, 7) is 1.69. The van der Waals surface area contributed by atoms with Crippen molar-refractivity contribution in [3.63, 3.8) is 0 Å². The van der Waals surface area contributed by atoms with Crippen LogP contribution in [-0.2, 0) is 16.2 Å². The Morgan fingerprint density at radius 1 is 1.55 bits per heavy atom. The molecule has 1 unspecified atom stereocenters. The summed E-state index contributed by atoms with van der Waals surface area (Å²) >= 11 is 1.21. The van der Waals surface area contributed by atoms with Crippen molar-refractivity contribution in [2.45, 2.75) is 20.0 Å². The zero-order valence-corrected chi connectivity index (χ0v) is 12.0. The Balaban J connectivity index is 2.13. The summed E-state index contributed by atoms with van der Waals surface area (Å²) in [5.74, 6) is 0.217. The number of hydrogen-bond acceptors (Lipinski definition) is 4. The third-order valence-corrected chi connectivity index (χ3v) is 4.27. The number of thioether (sulfide) groups is 1. The maximum absolute atomic E-state index is 13.1. The van der Waals surface area contributed by atoms with Gasteiger partial charge in [-0.15, -0.1) is 0 Å². The van der Waals surface area contributed by atoms with Crippen LogP contribution in [0, 0.1) is 11.7 Å². The lowest BCUT2D eigenvalue weighted by Gasteiger charge is -2.19. The van der Waals surface area contributed by atoms with Gasteiger partial charge in [0.05, 0.1) is 6.61 Å². The van der Waals surface area contributed by atoms with Crippen LogP contribution in [0.25, 0.3) is 0 Å². The van der Waals surface area contributed by atoms with E-state index in [-0.39, 0.29) is 23.5 Å². The van der Waals surface area contributed by atoms with E-state index in [1.807, 2.05) is 0 Å². The second kappa shape index (κ2) is 6.37. The van der Waals surface area contributed by atoms with Crippen molar-refractivity contribution in [1.29, 1.82) is 0 Å². The number of aliphatic hydroxyl groups excluding tert-OH is 1. The molecule has 1 aliphatic rings. The topological polar surface area (TPSA) is 57.6 Å². The number of amides is 1. The summed E-state index contributed by atoms with van der Waals surface area (Å²) in [4.78, 5) is 24.6. The average molecular weight is 297 g/mol. The highest BCUT2D eigenvalue weighted by atomic mass is 32.2. The molecule has 0 aromatic heterocycles. The van der Waals surface area contributed by atoms with Gasteiger partial charge in [0.1, 0.15) is 5.82 Å². The van der Waals surface area contributed by atoms with Gasteiger partial charge in [-0.2, -0.15) is 0 Å². The lowest BCUT2D eigenvalue weighted by atomic mass is 10.1. The van der Waals surface area contributed by atoms with E-state index in [1.165, 1.54) is 36.9 Å². The van der Waals surface area contributed by atoms with E-state index < -0.39 is 5.82 Å². The highest BCUT2D eigenvalue weighted by Crippen LogP contribution is 2.30. The van der Waals surface area contributed by atoms with Gasteiger partial charge in [-0.25, -0.2) is 4.39 Å². The van der Waals surface area contributed by atoms with E-state index in [0.717, 1.165) is 0 Å². The van der Waals surface area contributed by atoms with Gasteiger partial charge in [0, 0.05) is 36.9 Å². The Morgan fingerprint density at radius 3 is 2.95 bits per heavy atom. The Morgan fingerprint density at radius 2 is 2.30 bits per heavy atom. The van der Waals surface area contributed by atoms with Crippen LogP contribution in [0.15, 0.2) is 18.2 Å². The molecule has 0 aliphatic carbocycles. The molecule has 0 radical (unpaired) electrons. The van der Waals surface area contributed by atoms with Gasteiger partial charge in [-0.05, 0) is 24.1 Å². The Kier molecular flexibility index (Phi) is 4.77. The number of nitrogens with zero attached hydrogens (tertiary/aromatic N) is 1. The summed E-state index contributed by atoms with van der Waals surface area (Å²) in [5, 5.41) is 9.31. The van der Waals surface area contributed by atoms with Gasteiger partial charge >= 0.3 is 0 Å². The van der Waals surface area contributed by atoms with Crippen LogP contribution >= 0.6 is 11.8 Å². The predicted molar refractivity (Wildman–Crippen MR) is 75.9 cm³/mol. The second-order valence-corrected chi connectivity index (χ2v) is 6.01. The van der Waals surface area contributed by atoms with Crippen molar-refractivity contribution >= 4 is 28.5 Å². The molecule has 2 rings (SSSR count). The number of carbonyl (C=O) groups excluding carboxylic acids is 2. The van der Waals surface area contributed by atoms with E-state index in [0.29, 0.717) is 30.0 Å². The molecule has 108 valence electrons. The summed E-state index contributed by atoms with van der Waals surface area (Å²) in [6.07, 6.45) is 0.378. The molecule has 1 fully saturated rings. The molecule has 1 atom stereocenters. The minimum absolute atomic E-state index is 0.0359. The van der Waals surface area contributed by atoms with Crippen LogP contribution in [0.1, 0.15) is 18.9 Å². The third kappa shape index (κ3) is 3.37. The summed E-state index contributed by atoms with van der Waals surface area (Å²) in [5.41, 5.74) is 0.951. The van der Waals surface area contributed by atoms with E-state index >= 15 is 0 Å². The Hall–Kier alpha value is -1.40. The Bertz CT molecular complexity index is 535. The fourth-order valence-corrected chi connectivity index (χ4v) is 3.00. The molecule has 1 aromatic carbocycles. The molecule has 0 bridgehead atoms. The highest BCUT2D eigenvalue weighted by molar-refractivity contribution is 8.13. The van der Waals surface area contributed by atoms with Crippen molar-refractivity contribution in [3.05, 3.63) is 29.6 Å². The summed E-state index contributed by atoms with van der Waals surface area (Å²) in [7, 11) is 0. The van der Waals surface area contributed by atoms with Crippen LogP contribution < -0.4 is 4.90 Å². The molecule has 0 spiro atoms. The SMILES string of the molecule is CC(=O)SCC1CC(=O)N(c2ccc(F)cc2CO)C1. The van der Waals surface area contributed by atoms with E-state index in [4.69, 9.17) is 0 Å². The maximum atomic E-state index is 13.1. The molecule has 4 nitrogen and oxygen atoms in total. The molecule has 20 heavy (non-hydrogen) atoms. The monoisotopic (exact) mass is 297 g/mol. The van der Waals surface area contributed by atoms with Crippen molar-refractivity contribution < 1.29 is 19.1 Å². The normalized spacial score (nSPS) is 18.6. The van der Waals surface area contributed by atoms with E-state index in [9.17, 15) is 19.1 Å². The van der Waals surface area contributed by atoms with Crippen molar-refractivity contribution in [3.8, 4) is 0 Å². The fourth-order valence-electron chi connectivity index (χ4n) is 2.31. The lowest BCUT2D eigenvalue weighted by Crippen LogP contribution is -2.26. The van der Waals surface area contributed by atoms with Gasteiger partial charge in [-0.3, -0.25) is 9.59 Å². The molecule has 1 saturated heterocycles. The molecule has 1 aromatic rings. The number of carbonyl (C=O) groups is 2. The molecular formula is C14H16FNO3S. The van der Waals surface area contributed by atoms with Gasteiger partial charge in [0.2, 0.25) is 5.91 Å². The van der Waals surface area contributed by atoms with Crippen molar-refractivity contribution in [2.24, 2.45) is 5.92 Å². The number of anilines is 1. The predicted octanol–water partition coefficient (Wildman–Crippen LogP) is 1.95. The summed E-state index contributed by atoms with van der Waals surface area (Å²) in [6, 6.07) is 4.03. The highest BCUT2D eigenvalue weighted by Gasteiger charge is 2.31. The minimum atomic E-state index is -0.437. The zero-order valence-electron chi connectivity index (χ0n) is 11.1. The summed E-state index contributed by atoms with van der Waals surface area (Å²) < 4.78 is 13.1. The first-order chi connectivity index (χ1) is 9.51. The maximum Gasteiger partial charge on any atom is 0.227 e. The van der Waals surface area contributed by atoms with Crippen LogP contribution in [0.5, 0.6) is 0 Å². The number of benzene rings is 1. The fraction of sp³-hybridized carbons (Fsp3) is 0.429. The van der Waals surface area contributed by atoms with E-state index in [2.05, 4.69) is 0 Å². The smallest absolute Gasteiger partial charge is 0.227 e. The van der Waals surface area contributed by atoms with Crippen LogP contribution in [-0.4, -0.2) is 28.4 Å². The molecule has 1 amide bonds. The minimum Gasteiger partial charge on any atom is -0.392 e. The first kappa shape index (κ1) is 15.0. The number of halogens is 1. The quantitative estimate of drug-likeness (QED) is 0.923. The largest absolute Gasteiger partial charge is 0.392 e.